The molecule has 0 saturated heterocycles. The van der Waals surface area contributed by atoms with Gasteiger partial charge >= 0.3 is 5.97 Å². The van der Waals surface area contributed by atoms with Gasteiger partial charge < -0.3 is 4.74 Å². The molecule has 0 fully saturated rings. The van der Waals surface area contributed by atoms with Crippen LogP contribution in [-0.2, 0) is 16.1 Å². The minimum atomic E-state index is -0.184. The van der Waals surface area contributed by atoms with Crippen molar-refractivity contribution >= 4 is 28.9 Å². The predicted molar refractivity (Wildman–Crippen MR) is 71.5 cm³/mol. The fourth-order valence-electron chi connectivity index (χ4n) is 1.69. The van der Waals surface area contributed by atoms with E-state index in [-0.39, 0.29) is 12.0 Å². The Hall–Kier alpha value is -0.580. The minimum Gasteiger partial charge on any atom is -0.465 e. The third-order valence-corrected chi connectivity index (χ3v) is 3.73. The van der Waals surface area contributed by atoms with Crippen LogP contribution in [0.1, 0.15) is 25.1 Å². The molecule has 0 amide bonds. The number of carbonyl (C=O) groups is 1. The molecule has 0 aliphatic carbocycles. The van der Waals surface area contributed by atoms with Gasteiger partial charge in [-0.2, -0.15) is 0 Å². The summed E-state index contributed by atoms with van der Waals surface area (Å²) in [6, 6.07) is 3.68. The maximum Gasteiger partial charge on any atom is 0.323 e. The first-order valence-corrected chi connectivity index (χ1v) is 6.89. The van der Waals surface area contributed by atoms with Crippen molar-refractivity contribution in [2.75, 3.05) is 13.7 Å². The highest BCUT2D eigenvalue weighted by Crippen LogP contribution is 2.23. The van der Waals surface area contributed by atoms with E-state index in [2.05, 4.69) is 0 Å². The third-order valence-electron chi connectivity index (χ3n) is 2.51. The number of likely N-dealkylation sites (N-methyl/N-ethyl adjacent to an activating group) is 1. The zero-order valence-electron chi connectivity index (χ0n) is 10.4. The second-order valence-corrected chi connectivity index (χ2v) is 5.60. The molecule has 0 aromatic carbocycles. The van der Waals surface area contributed by atoms with E-state index in [1.807, 2.05) is 37.9 Å². The summed E-state index contributed by atoms with van der Waals surface area (Å²) in [5.41, 5.74) is 0. The molecule has 0 bridgehead atoms. The topological polar surface area (TPSA) is 29.5 Å². The average molecular weight is 276 g/mol. The molecule has 0 aliphatic rings. The van der Waals surface area contributed by atoms with Gasteiger partial charge in [-0.15, -0.1) is 11.3 Å². The monoisotopic (exact) mass is 275 g/mol. The smallest absolute Gasteiger partial charge is 0.323 e. The number of esters is 1. The van der Waals surface area contributed by atoms with Crippen LogP contribution in [0.25, 0.3) is 0 Å². The first kappa shape index (κ1) is 14.5. The van der Waals surface area contributed by atoms with Gasteiger partial charge in [-0.3, -0.25) is 9.69 Å². The molecule has 1 aromatic heterocycles. The van der Waals surface area contributed by atoms with E-state index in [9.17, 15) is 4.79 Å². The molecule has 0 saturated carbocycles. The zero-order chi connectivity index (χ0) is 12.8. The standard InChI is InChI=1S/C12H18ClNO2S/c1-4-10(12(15)16-5-2)14(3)8-9-6-7-11(13)17-9/h6-7,10H,4-5,8H2,1-3H3. The Morgan fingerprint density at radius 1 is 1.53 bits per heavy atom. The van der Waals surface area contributed by atoms with Crippen LogP contribution < -0.4 is 0 Å². The van der Waals surface area contributed by atoms with Gasteiger partial charge in [0, 0.05) is 11.4 Å². The number of carbonyl (C=O) groups excluding carboxylic acids is 1. The molecule has 5 heteroatoms. The van der Waals surface area contributed by atoms with E-state index >= 15 is 0 Å². The number of thiophene rings is 1. The third kappa shape index (κ3) is 4.30. The van der Waals surface area contributed by atoms with E-state index < -0.39 is 0 Å². The van der Waals surface area contributed by atoms with Crippen LogP contribution in [-0.4, -0.2) is 30.6 Å². The van der Waals surface area contributed by atoms with Crippen molar-refractivity contribution in [2.24, 2.45) is 0 Å². The lowest BCUT2D eigenvalue weighted by atomic mass is 10.2. The summed E-state index contributed by atoms with van der Waals surface area (Å²) in [4.78, 5) is 14.9. The Balaban J connectivity index is 2.60. The second-order valence-electron chi connectivity index (χ2n) is 3.80. The molecule has 3 nitrogen and oxygen atoms in total. The molecule has 96 valence electrons. The highest BCUT2D eigenvalue weighted by Gasteiger charge is 2.22. The minimum absolute atomic E-state index is 0.153. The maximum atomic E-state index is 11.7. The van der Waals surface area contributed by atoms with Crippen LogP contribution in [0.3, 0.4) is 0 Å². The van der Waals surface area contributed by atoms with Gasteiger partial charge in [0.15, 0.2) is 0 Å². The van der Waals surface area contributed by atoms with Crippen LogP contribution in [0, 0.1) is 0 Å². The zero-order valence-corrected chi connectivity index (χ0v) is 12.0. The predicted octanol–water partition coefficient (Wildman–Crippen LogP) is 3.18. The molecule has 1 rings (SSSR count). The van der Waals surface area contributed by atoms with Crippen molar-refractivity contribution in [1.29, 1.82) is 0 Å². The normalized spacial score (nSPS) is 12.8. The van der Waals surface area contributed by atoms with Crippen molar-refractivity contribution in [2.45, 2.75) is 32.9 Å². The molecule has 0 N–H and O–H groups in total. The molecule has 1 heterocycles. The van der Waals surface area contributed by atoms with Crippen LogP contribution in [0.2, 0.25) is 4.34 Å². The van der Waals surface area contributed by atoms with Gasteiger partial charge in [0.05, 0.1) is 10.9 Å². The van der Waals surface area contributed by atoms with E-state index in [1.165, 1.54) is 0 Å². The summed E-state index contributed by atoms with van der Waals surface area (Å²) >= 11 is 7.42. The van der Waals surface area contributed by atoms with Crippen molar-refractivity contribution < 1.29 is 9.53 Å². The largest absolute Gasteiger partial charge is 0.465 e. The Morgan fingerprint density at radius 2 is 2.24 bits per heavy atom. The quantitative estimate of drug-likeness (QED) is 0.747. The lowest BCUT2D eigenvalue weighted by Gasteiger charge is -2.24. The molecule has 1 unspecified atom stereocenters. The molecule has 1 atom stereocenters. The summed E-state index contributed by atoms with van der Waals surface area (Å²) in [7, 11) is 1.93. The van der Waals surface area contributed by atoms with Crippen molar-refractivity contribution in [3.05, 3.63) is 21.3 Å². The Labute approximate surface area is 111 Å². The highest BCUT2D eigenvalue weighted by atomic mass is 35.5. The fourth-order valence-corrected chi connectivity index (χ4v) is 2.84. The summed E-state index contributed by atoms with van der Waals surface area (Å²) < 4.78 is 5.83. The lowest BCUT2D eigenvalue weighted by molar-refractivity contribution is -0.149. The summed E-state index contributed by atoms with van der Waals surface area (Å²) in [5, 5.41) is 0. The van der Waals surface area contributed by atoms with E-state index in [0.29, 0.717) is 13.2 Å². The Kier molecular flexibility index (Phi) is 5.95. The van der Waals surface area contributed by atoms with Gasteiger partial charge in [0.2, 0.25) is 0 Å². The molecular weight excluding hydrogens is 258 g/mol. The van der Waals surface area contributed by atoms with Gasteiger partial charge in [-0.1, -0.05) is 18.5 Å². The highest BCUT2D eigenvalue weighted by molar-refractivity contribution is 7.16. The van der Waals surface area contributed by atoms with Crippen LogP contribution in [0.4, 0.5) is 0 Å². The number of halogens is 1. The molecular formula is C12H18ClNO2S. The SMILES string of the molecule is CCOC(=O)C(CC)N(C)Cc1ccc(Cl)s1. The van der Waals surface area contributed by atoms with Gasteiger partial charge in [0.25, 0.3) is 0 Å². The Bertz CT molecular complexity index is 367. The van der Waals surface area contributed by atoms with E-state index in [1.54, 1.807) is 11.3 Å². The van der Waals surface area contributed by atoms with Crippen LogP contribution in [0.5, 0.6) is 0 Å². The fraction of sp³-hybridized carbons (Fsp3) is 0.583. The number of rotatable bonds is 6. The van der Waals surface area contributed by atoms with Gasteiger partial charge in [-0.05, 0) is 32.5 Å². The molecule has 0 spiro atoms. The summed E-state index contributed by atoms with van der Waals surface area (Å²) in [6.07, 6.45) is 0.744. The Morgan fingerprint density at radius 3 is 2.71 bits per heavy atom. The van der Waals surface area contributed by atoms with Crippen LogP contribution in [0.15, 0.2) is 12.1 Å². The summed E-state index contributed by atoms with van der Waals surface area (Å²) in [5.74, 6) is -0.153. The average Bonchev–Trinajstić information content (AvgIpc) is 2.65. The first-order chi connectivity index (χ1) is 8.08. The van der Waals surface area contributed by atoms with Gasteiger partial charge in [0.1, 0.15) is 6.04 Å². The molecule has 1 aromatic rings. The first-order valence-electron chi connectivity index (χ1n) is 5.69. The number of hydrogen-bond acceptors (Lipinski definition) is 4. The van der Waals surface area contributed by atoms with Gasteiger partial charge in [-0.25, -0.2) is 0 Å². The number of nitrogens with zero attached hydrogens (tertiary/aromatic N) is 1. The maximum absolute atomic E-state index is 11.7. The van der Waals surface area contributed by atoms with E-state index in [0.717, 1.165) is 15.6 Å². The molecule has 17 heavy (non-hydrogen) atoms. The molecule has 0 aliphatic heterocycles. The van der Waals surface area contributed by atoms with E-state index in [4.69, 9.17) is 16.3 Å². The summed E-state index contributed by atoms with van der Waals surface area (Å²) in [6.45, 7) is 4.95. The van der Waals surface area contributed by atoms with Crippen molar-refractivity contribution in [3.8, 4) is 0 Å². The van der Waals surface area contributed by atoms with Crippen molar-refractivity contribution in [3.63, 3.8) is 0 Å². The number of ether oxygens (including phenoxy) is 1. The lowest BCUT2D eigenvalue weighted by Crippen LogP contribution is -2.38. The second kappa shape index (κ2) is 6.99. The number of hydrogen-bond donors (Lipinski definition) is 0. The van der Waals surface area contributed by atoms with Crippen LogP contribution >= 0.6 is 22.9 Å². The molecule has 0 radical (unpaired) electrons. The van der Waals surface area contributed by atoms with Crippen molar-refractivity contribution in [1.82, 2.24) is 4.90 Å².